The lowest BCUT2D eigenvalue weighted by atomic mass is 9.68. The smallest absolute Gasteiger partial charge is 0.478 e. The van der Waals surface area contributed by atoms with Crippen LogP contribution in [0.25, 0.3) is 0 Å². The lowest BCUT2D eigenvalue weighted by Gasteiger charge is -2.51. The minimum atomic E-state index is -3.36. The van der Waals surface area contributed by atoms with Crippen LogP contribution < -0.4 is 0 Å². The zero-order valence-electron chi connectivity index (χ0n) is 22.2. The summed E-state index contributed by atoms with van der Waals surface area (Å²) >= 11 is 0. The van der Waals surface area contributed by atoms with Crippen molar-refractivity contribution in [2.75, 3.05) is 0 Å². The first-order valence-corrected chi connectivity index (χ1v) is 35.4. The number of carboxylic acid groups (broad SMARTS) is 1. The fraction of sp³-hybridized carbons (Fsp3) is 0.842. The van der Waals surface area contributed by atoms with Crippen LogP contribution in [0.5, 0.6) is 0 Å². The average molecular weight is 553 g/mol. The van der Waals surface area contributed by atoms with E-state index in [9.17, 15) is 9.90 Å². The molecular formula is C19H48O5Si7. The van der Waals surface area contributed by atoms with Crippen LogP contribution in [0.2, 0.25) is 39.3 Å². The van der Waals surface area contributed by atoms with Crippen LogP contribution >= 0.6 is 0 Å². The van der Waals surface area contributed by atoms with Gasteiger partial charge in [0.1, 0.15) is 8.08 Å². The fourth-order valence-corrected chi connectivity index (χ4v) is 59.7. The summed E-state index contributed by atoms with van der Waals surface area (Å²) in [6.07, 6.45) is 1.31. The molecule has 0 radical (unpaired) electrons. The van der Waals surface area contributed by atoms with Gasteiger partial charge in [-0.15, -0.1) is 0 Å². The van der Waals surface area contributed by atoms with Gasteiger partial charge in [0.25, 0.3) is 0 Å². The maximum Gasteiger partial charge on any atom is 0.502 e. The molecule has 0 aromatic heterocycles. The van der Waals surface area contributed by atoms with E-state index >= 15 is 0 Å². The lowest BCUT2D eigenvalue weighted by molar-refractivity contribution is -0.133. The van der Waals surface area contributed by atoms with Gasteiger partial charge in [-0.3, -0.25) is 0 Å². The van der Waals surface area contributed by atoms with E-state index in [-0.39, 0.29) is 22.5 Å². The fourth-order valence-electron chi connectivity index (χ4n) is 3.65. The number of carboxylic acids is 1. The second kappa shape index (κ2) is 10.5. The topological polar surface area (TPSA) is 65.0 Å². The molecular weight excluding hydrogens is 505 g/mol. The Balaban J connectivity index is 4.04. The number of carbonyl (C=O) groups is 1. The maximum atomic E-state index is 12.7. The number of rotatable bonds is 11. The molecule has 1 rings (SSSR count). The zero-order valence-corrected chi connectivity index (χ0v) is 30.6. The Labute approximate surface area is 202 Å². The van der Waals surface area contributed by atoms with Gasteiger partial charge in [0.2, 0.25) is 0 Å². The molecule has 0 saturated carbocycles. The quantitative estimate of drug-likeness (QED) is 0.315. The molecule has 1 heterocycles. The molecule has 1 N–H and O–H groups in total. The van der Waals surface area contributed by atoms with Crippen LogP contribution in [0.4, 0.5) is 0 Å². The predicted molar refractivity (Wildman–Crippen MR) is 151 cm³/mol. The average Bonchev–Trinajstić information content (AvgIpc) is 2.45. The Morgan fingerprint density at radius 2 is 1.39 bits per heavy atom. The minimum Gasteiger partial charge on any atom is -0.478 e. The van der Waals surface area contributed by atoms with Crippen LogP contribution in [-0.4, -0.2) is 70.3 Å². The summed E-state index contributed by atoms with van der Waals surface area (Å²) in [7, 11) is -8.30. The molecule has 1 saturated heterocycles. The van der Waals surface area contributed by atoms with Gasteiger partial charge in [0.15, 0.2) is 16.6 Å². The molecule has 0 aromatic carbocycles. The first-order valence-electron chi connectivity index (χ1n) is 11.8. The zero-order chi connectivity index (χ0) is 24.5. The molecule has 0 aromatic rings. The van der Waals surface area contributed by atoms with Crippen molar-refractivity contribution in [1.82, 2.24) is 0 Å². The Hall–Kier alpha value is 0.608. The van der Waals surface area contributed by atoms with Gasteiger partial charge in [-0.05, 0) is 65.1 Å². The van der Waals surface area contributed by atoms with Crippen LogP contribution in [0.15, 0.2) is 10.8 Å². The number of aliphatic carboxylic acids is 1. The van der Waals surface area contributed by atoms with Gasteiger partial charge >= 0.3 is 14.8 Å². The summed E-state index contributed by atoms with van der Waals surface area (Å²) in [4.78, 5) is 12.7. The van der Waals surface area contributed by atoms with Crippen LogP contribution in [0.3, 0.4) is 0 Å². The van der Waals surface area contributed by atoms with Gasteiger partial charge in [-0.1, -0.05) is 48.0 Å². The second-order valence-electron chi connectivity index (χ2n) is 12.4. The number of hydrogen-bond donors (Lipinski definition) is 1. The monoisotopic (exact) mass is 552 g/mol. The highest BCUT2D eigenvalue weighted by Gasteiger charge is 2.60. The van der Waals surface area contributed by atoms with Crippen LogP contribution in [0, 0.1) is 10.8 Å². The number of hydrogen-bond acceptors (Lipinski definition) is 4. The van der Waals surface area contributed by atoms with E-state index in [0.29, 0.717) is 20.5 Å². The molecule has 31 heavy (non-hydrogen) atoms. The third-order valence-electron chi connectivity index (χ3n) is 6.12. The van der Waals surface area contributed by atoms with Gasteiger partial charge < -0.3 is 17.5 Å². The molecule has 0 spiro atoms. The third-order valence-corrected chi connectivity index (χ3v) is 91.7. The summed E-state index contributed by atoms with van der Waals surface area (Å²) in [5.74, 6) is -0.827. The Morgan fingerprint density at radius 3 is 1.65 bits per heavy atom. The summed E-state index contributed by atoms with van der Waals surface area (Å²) in [5, 5.41) is 11.3. The summed E-state index contributed by atoms with van der Waals surface area (Å²) < 4.78 is 21.3. The maximum absolute atomic E-state index is 12.7. The molecule has 1 aliphatic heterocycles. The Kier molecular flexibility index (Phi) is 10.0. The first kappa shape index (κ1) is 29.6. The van der Waals surface area contributed by atoms with Crippen molar-refractivity contribution in [2.24, 2.45) is 10.8 Å². The predicted octanol–water partition coefficient (Wildman–Crippen LogP) is 2.50. The Bertz CT molecular complexity index is 655. The highest BCUT2D eigenvalue weighted by atomic mass is 30.1. The Morgan fingerprint density at radius 1 is 0.935 bits per heavy atom. The molecule has 0 unspecified atom stereocenters. The lowest BCUT2D eigenvalue weighted by Crippen LogP contribution is -2.68. The SMILES string of the molecule is CCCC(C(=O)O)=C(C(C)(C)C(C)(C)C)[Si](O[SiH]1[SiH2][SiH2][SiH2]1)(O[Si](C)(C)C)O[Si](C)(C)C. The molecule has 12 heteroatoms. The van der Waals surface area contributed by atoms with Gasteiger partial charge in [-0.25, -0.2) is 4.79 Å². The van der Waals surface area contributed by atoms with Gasteiger partial charge in [-0.2, -0.15) is 0 Å². The number of allylic oxidation sites excluding steroid dienone is 1. The summed E-state index contributed by atoms with van der Waals surface area (Å²) in [5.41, 5.74) is -0.0750. The molecule has 0 atom stereocenters. The standard InChI is InChI=1S/C19H48O5Si7/c1-13-14-15(17(20)21)16(19(5,6)18(2,3)4)31(23-29(7,8)9,24-30(10,11)12)22-28-26-25-27-28/h28H,13-14,25-27H2,1-12H3,(H,20,21). The van der Waals surface area contributed by atoms with Crippen molar-refractivity contribution in [2.45, 2.75) is 93.7 Å². The van der Waals surface area contributed by atoms with E-state index < -0.39 is 44.9 Å². The van der Waals surface area contributed by atoms with Gasteiger partial charge in [0, 0.05) is 27.9 Å². The van der Waals surface area contributed by atoms with E-state index in [1.54, 1.807) is 0 Å². The normalized spacial score (nSPS) is 22.0. The highest BCUT2D eigenvalue weighted by Crippen LogP contribution is 2.51. The summed E-state index contributed by atoms with van der Waals surface area (Å²) in [6.45, 7) is 26.2. The third kappa shape index (κ3) is 8.10. The molecule has 182 valence electrons. The van der Waals surface area contributed by atoms with E-state index in [1.807, 2.05) is 0 Å². The molecule has 0 aliphatic carbocycles. The molecule has 1 aliphatic rings. The van der Waals surface area contributed by atoms with Gasteiger partial charge in [0.05, 0.1) is 0 Å². The largest absolute Gasteiger partial charge is 0.502 e. The van der Waals surface area contributed by atoms with Crippen molar-refractivity contribution in [3.8, 4) is 0 Å². The van der Waals surface area contributed by atoms with Crippen molar-refractivity contribution >= 4 is 65.1 Å². The molecule has 5 nitrogen and oxygen atoms in total. The van der Waals surface area contributed by atoms with E-state index in [4.69, 9.17) is 12.3 Å². The summed E-state index contributed by atoms with van der Waals surface area (Å²) in [6, 6.07) is 0. The van der Waals surface area contributed by atoms with E-state index in [1.165, 1.54) is 0 Å². The van der Waals surface area contributed by atoms with E-state index in [2.05, 4.69) is 80.8 Å². The minimum absolute atomic E-state index is 0.0203. The van der Waals surface area contributed by atoms with Crippen molar-refractivity contribution < 1.29 is 22.2 Å². The molecule has 0 bridgehead atoms. The van der Waals surface area contributed by atoms with Crippen molar-refractivity contribution in [3.63, 3.8) is 0 Å². The molecule has 1 fully saturated rings. The van der Waals surface area contributed by atoms with E-state index in [0.717, 1.165) is 11.6 Å². The van der Waals surface area contributed by atoms with Crippen molar-refractivity contribution in [1.29, 1.82) is 0 Å². The molecule has 0 amide bonds. The highest BCUT2D eigenvalue weighted by molar-refractivity contribution is 7.80. The van der Waals surface area contributed by atoms with Crippen LogP contribution in [-0.2, 0) is 17.1 Å². The van der Waals surface area contributed by atoms with Crippen LogP contribution in [0.1, 0.15) is 54.4 Å². The van der Waals surface area contributed by atoms with Crippen molar-refractivity contribution in [3.05, 3.63) is 10.8 Å². The first-order chi connectivity index (χ1) is 13.8. The second-order valence-corrected chi connectivity index (χ2v) is 59.5.